The average molecular weight is 507 g/mol. The third-order valence-electron chi connectivity index (χ3n) is 3.62. The number of rotatable bonds is 8. The molecular formula is C20H25F3IN3O. The van der Waals surface area contributed by atoms with Crippen molar-refractivity contribution >= 4 is 29.9 Å². The third-order valence-corrected chi connectivity index (χ3v) is 3.62. The van der Waals surface area contributed by atoms with Crippen molar-refractivity contribution in [1.29, 1.82) is 0 Å². The standard InChI is InChI=1S/C20H24F3N3O.HI/c1-2-24-19(25-12-16-6-4-3-5-7-16)26-13-17-8-10-18(11-9-17)14-27-15-20(21,22)23;/h3-11H,2,12-15H2,1H3,(H2,24,25,26);1H. The maximum Gasteiger partial charge on any atom is 0.411 e. The number of hydrogen-bond donors (Lipinski definition) is 2. The second-order valence-electron chi connectivity index (χ2n) is 5.96. The molecule has 2 rings (SSSR count). The first-order chi connectivity index (χ1) is 13.0. The molecule has 0 saturated heterocycles. The smallest absolute Gasteiger partial charge is 0.367 e. The first-order valence-electron chi connectivity index (χ1n) is 8.74. The molecule has 0 aliphatic rings. The van der Waals surface area contributed by atoms with E-state index in [0.29, 0.717) is 24.6 Å². The molecule has 0 unspecified atom stereocenters. The summed E-state index contributed by atoms with van der Waals surface area (Å²) < 4.78 is 40.9. The fourth-order valence-corrected chi connectivity index (χ4v) is 2.32. The van der Waals surface area contributed by atoms with Crippen LogP contribution >= 0.6 is 24.0 Å². The van der Waals surface area contributed by atoms with Gasteiger partial charge in [-0.3, -0.25) is 0 Å². The SMILES string of the molecule is CCNC(=NCc1ccccc1)NCc1ccc(COCC(F)(F)F)cc1.I. The van der Waals surface area contributed by atoms with Gasteiger partial charge in [-0.15, -0.1) is 24.0 Å². The van der Waals surface area contributed by atoms with Crippen molar-refractivity contribution in [3.8, 4) is 0 Å². The molecule has 0 aliphatic carbocycles. The molecule has 0 fully saturated rings. The van der Waals surface area contributed by atoms with Gasteiger partial charge in [-0.25, -0.2) is 4.99 Å². The average Bonchev–Trinajstić information content (AvgIpc) is 2.65. The summed E-state index contributed by atoms with van der Waals surface area (Å²) in [5.74, 6) is 0.707. The van der Waals surface area contributed by atoms with Crippen LogP contribution in [0.25, 0.3) is 0 Å². The van der Waals surface area contributed by atoms with E-state index < -0.39 is 12.8 Å². The van der Waals surface area contributed by atoms with Crippen molar-refractivity contribution in [2.24, 2.45) is 4.99 Å². The maximum atomic E-state index is 12.1. The second-order valence-corrected chi connectivity index (χ2v) is 5.96. The number of hydrogen-bond acceptors (Lipinski definition) is 2. The molecule has 8 heteroatoms. The van der Waals surface area contributed by atoms with Gasteiger partial charge in [-0.2, -0.15) is 13.2 Å². The first-order valence-corrected chi connectivity index (χ1v) is 8.74. The monoisotopic (exact) mass is 507 g/mol. The van der Waals surface area contributed by atoms with E-state index in [9.17, 15) is 13.2 Å². The molecule has 0 atom stereocenters. The van der Waals surface area contributed by atoms with Crippen LogP contribution in [0.4, 0.5) is 13.2 Å². The Morgan fingerprint density at radius 2 is 1.57 bits per heavy atom. The Labute approximate surface area is 180 Å². The summed E-state index contributed by atoms with van der Waals surface area (Å²) in [6.07, 6.45) is -4.30. The molecular weight excluding hydrogens is 482 g/mol. The number of halogens is 4. The Bertz CT molecular complexity index is 707. The predicted molar refractivity (Wildman–Crippen MR) is 116 cm³/mol. The van der Waals surface area contributed by atoms with E-state index in [0.717, 1.165) is 17.7 Å². The van der Waals surface area contributed by atoms with Gasteiger partial charge in [-0.1, -0.05) is 54.6 Å². The molecule has 0 heterocycles. The number of nitrogens with one attached hydrogen (secondary N) is 2. The lowest BCUT2D eigenvalue weighted by Gasteiger charge is -2.12. The zero-order valence-electron chi connectivity index (χ0n) is 15.6. The van der Waals surface area contributed by atoms with Gasteiger partial charge in [0.1, 0.15) is 6.61 Å². The van der Waals surface area contributed by atoms with E-state index in [2.05, 4.69) is 20.4 Å². The van der Waals surface area contributed by atoms with Gasteiger partial charge in [-0.05, 0) is 23.6 Å². The minimum atomic E-state index is -4.30. The largest absolute Gasteiger partial charge is 0.411 e. The van der Waals surface area contributed by atoms with Crippen LogP contribution in [0.2, 0.25) is 0 Å². The molecule has 4 nitrogen and oxygen atoms in total. The molecule has 2 N–H and O–H groups in total. The Morgan fingerprint density at radius 1 is 0.929 bits per heavy atom. The summed E-state index contributed by atoms with van der Waals surface area (Å²) in [5.41, 5.74) is 2.82. The van der Waals surface area contributed by atoms with E-state index in [1.807, 2.05) is 49.4 Å². The van der Waals surface area contributed by atoms with Crippen LogP contribution in [-0.2, 0) is 24.4 Å². The van der Waals surface area contributed by atoms with E-state index in [4.69, 9.17) is 0 Å². The summed E-state index contributed by atoms with van der Waals surface area (Å²) in [7, 11) is 0. The molecule has 0 radical (unpaired) electrons. The summed E-state index contributed by atoms with van der Waals surface area (Å²) in [5, 5.41) is 6.44. The number of aliphatic imine (C=N–C) groups is 1. The number of alkyl halides is 3. The lowest BCUT2D eigenvalue weighted by atomic mass is 10.1. The van der Waals surface area contributed by atoms with E-state index in [1.165, 1.54) is 0 Å². The van der Waals surface area contributed by atoms with Crippen LogP contribution in [-0.4, -0.2) is 25.3 Å². The second kappa shape index (κ2) is 12.6. The zero-order chi connectivity index (χ0) is 19.5. The summed E-state index contributed by atoms with van der Waals surface area (Å²) in [4.78, 5) is 4.55. The van der Waals surface area contributed by atoms with Gasteiger partial charge in [0.25, 0.3) is 0 Å². The Kier molecular flexibility index (Phi) is 10.9. The number of ether oxygens (including phenoxy) is 1. The van der Waals surface area contributed by atoms with Crippen LogP contribution < -0.4 is 10.6 Å². The molecule has 0 aromatic heterocycles. The van der Waals surface area contributed by atoms with E-state index in [-0.39, 0.29) is 30.6 Å². The van der Waals surface area contributed by atoms with Gasteiger partial charge >= 0.3 is 6.18 Å². The fraction of sp³-hybridized carbons (Fsp3) is 0.350. The Hall–Kier alpha value is -1.81. The van der Waals surface area contributed by atoms with E-state index >= 15 is 0 Å². The Morgan fingerprint density at radius 3 is 2.18 bits per heavy atom. The van der Waals surface area contributed by atoms with Crippen LogP contribution in [0.5, 0.6) is 0 Å². The summed E-state index contributed by atoms with van der Waals surface area (Å²) in [6, 6.07) is 17.2. The van der Waals surface area contributed by atoms with Crippen LogP contribution in [0.1, 0.15) is 23.6 Å². The molecule has 154 valence electrons. The van der Waals surface area contributed by atoms with Gasteiger partial charge in [0.05, 0.1) is 13.2 Å². The third kappa shape index (κ3) is 9.93. The van der Waals surface area contributed by atoms with Crippen molar-refractivity contribution in [2.75, 3.05) is 13.2 Å². The molecule has 0 bridgehead atoms. The highest BCUT2D eigenvalue weighted by Crippen LogP contribution is 2.15. The first kappa shape index (κ1) is 24.2. The number of guanidine groups is 1. The quantitative estimate of drug-likeness (QED) is 0.311. The van der Waals surface area contributed by atoms with Crippen molar-refractivity contribution in [1.82, 2.24) is 10.6 Å². The van der Waals surface area contributed by atoms with Crippen molar-refractivity contribution in [3.05, 3.63) is 71.3 Å². The van der Waals surface area contributed by atoms with Crippen molar-refractivity contribution in [3.63, 3.8) is 0 Å². The van der Waals surface area contributed by atoms with Crippen LogP contribution in [0, 0.1) is 0 Å². The maximum absolute atomic E-state index is 12.1. The van der Waals surface area contributed by atoms with Crippen LogP contribution in [0.15, 0.2) is 59.6 Å². The predicted octanol–water partition coefficient (Wildman–Crippen LogP) is 4.64. The fourth-order valence-electron chi connectivity index (χ4n) is 2.32. The highest BCUT2D eigenvalue weighted by molar-refractivity contribution is 14.0. The van der Waals surface area contributed by atoms with Gasteiger partial charge in [0.15, 0.2) is 5.96 Å². The highest BCUT2D eigenvalue weighted by atomic mass is 127. The minimum Gasteiger partial charge on any atom is -0.367 e. The highest BCUT2D eigenvalue weighted by Gasteiger charge is 2.27. The summed E-state index contributed by atoms with van der Waals surface area (Å²) >= 11 is 0. The van der Waals surface area contributed by atoms with Crippen molar-refractivity contribution in [2.45, 2.75) is 32.8 Å². The zero-order valence-corrected chi connectivity index (χ0v) is 18.0. The lowest BCUT2D eigenvalue weighted by molar-refractivity contribution is -0.176. The molecule has 28 heavy (non-hydrogen) atoms. The lowest BCUT2D eigenvalue weighted by Crippen LogP contribution is -2.36. The van der Waals surface area contributed by atoms with Crippen molar-refractivity contribution < 1.29 is 17.9 Å². The molecule has 0 amide bonds. The topological polar surface area (TPSA) is 45.7 Å². The Balaban J connectivity index is 0.00000392. The minimum absolute atomic E-state index is 0. The normalized spacial score (nSPS) is 11.6. The molecule has 0 saturated carbocycles. The van der Waals surface area contributed by atoms with Gasteiger partial charge in [0.2, 0.25) is 0 Å². The molecule has 0 spiro atoms. The number of nitrogens with zero attached hydrogens (tertiary/aromatic N) is 1. The van der Waals surface area contributed by atoms with Gasteiger partial charge in [0, 0.05) is 13.1 Å². The molecule has 0 aliphatic heterocycles. The molecule has 2 aromatic rings. The van der Waals surface area contributed by atoms with Gasteiger partial charge < -0.3 is 15.4 Å². The summed E-state index contributed by atoms with van der Waals surface area (Å²) in [6.45, 7) is 2.58. The molecule has 2 aromatic carbocycles. The van der Waals surface area contributed by atoms with E-state index in [1.54, 1.807) is 12.1 Å². The number of benzene rings is 2. The van der Waals surface area contributed by atoms with Crippen LogP contribution in [0.3, 0.4) is 0 Å².